The number of rotatable bonds is 6. The van der Waals surface area contributed by atoms with E-state index in [4.69, 9.17) is 4.74 Å². The summed E-state index contributed by atoms with van der Waals surface area (Å²) in [4.78, 5) is 11.9. The normalized spacial score (nSPS) is 12.2. The van der Waals surface area contributed by atoms with E-state index in [0.29, 0.717) is 12.2 Å². The Morgan fingerprint density at radius 1 is 1.56 bits per heavy atom. The van der Waals surface area contributed by atoms with Crippen LogP contribution in [0.3, 0.4) is 0 Å². The van der Waals surface area contributed by atoms with E-state index in [1.165, 1.54) is 0 Å². The molecule has 0 aliphatic rings. The first-order valence-electron chi connectivity index (χ1n) is 5.84. The van der Waals surface area contributed by atoms with Crippen LogP contribution in [0, 0.1) is 6.92 Å². The molecule has 5 heteroatoms. The molecule has 1 rings (SSSR count). The fourth-order valence-corrected chi connectivity index (χ4v) is 2.10. The molecule has 1 aromatic carbocycles. The molecule has 1 atom stereocenters. The van der Waals surface area contributed by atoms with Gasteiger partial charge in [-0.25, -0.2) is 0 Å². The van der Waals surface area contributed by atoms with Gasteiger partial charge in [0, 0.05) is 17.6 Å². The van der Waals surface area contributed by atoms with E-state index < -0.39 is 6.10 Å². The number of nitrogens with one attached hydrogen (secondary N) is 1. The second kappa shape index (κ2) is 7.51. The average Bonchev–Trinajstić information content (AvgIpc) is 2.33. The molecule has 2 N–H and O–H groups in total. The molecule has 0 spiro atoms. The van der Waals surface area contributed by atoms with Crippen LogP contribution < -0.4 is 5.32 Å². The van der Waals surface area contributed by atoms with Gasteiger partial charge in [0.1, 0.15) is 0 Å². The lowest BCUT2D eigenvalue weighted by Crippen LogP contribution is -2.34. The predicted octanol–water partition coefficient (Wildman–Crippen LogP) is 1.88. The van der Waals surface area contributed by atoms with E-state index in [1.807, 2.05) is 26.0 Å². The summed E-state index contributed by atoms with van der Waals surface area (Å²) in [5.74, 6) is -0.211. The van der Waals surface area contributed by atoms with Crippen LogP contribution in [0.2, 0.25) is 0 Å². The Labute approximate surface area is 115 Å². The van der Waals surface area contributed by atoms with Crippen molar-refractivity contribution in [3.63, 3.8) is 0 Å². The summed E-state index contributed by atoms with van der Waals surface area (Å²) in [6, 6.07) is 5.51. The molecular formula is C13H18BrNO3. The highest BCUT2D eigenvalue weighted by Crippen LogP contribution is 2.18. The van der Waals surface area contributed by atoms with Crippen LogP contribution in [0.25, 0.3) is 0 Å². The van der Waals surface area contributed by atoms with Gasteiger partial charge >= 0.3 is 0 Å². The first-order valence-corrected chi connectivity index (χ1v) is 6.64. The van der Waals surface area contributed by atoms with E-state index in [2.05, 4.69) is 21.2 Å². The Morgan fingerprint density at radius 2 is 2.28 bits per heavy atom. The Hall–Kier alpha value is -0.910. The van der Waals surface area contributed by atoms with Crippen molar-refractivity contribution < 1.29 is 14.6 Å². The number of aliphatic hydroxyl groups excluding tert-OH is 1. The second-order valence-electron chi connectivity index (χ2n) is 4.01. The molecule has 0 fully saturated rings. The van der Waals surface area contributed by atoms with Gasteiger partial charge in [0.2, 0.25) is 0 Å². The lowest BCUT2D eigenvalue weighted by atomic mass is 10.1. The van der Waals surface area contributed by atoms with Gasteiger partial charge in [-0.1, -0.05) is 6.07 Å². The third-order valence-electron chi connectivity index (χ3n) is 2.38. The Bertz CT molecular complexity index is 409. The predicted molar refractivity (Wildman–Crippen MR) is 73.7 cm³/mol. The number of aryl methyl sites for hydroxylation is 1. The molecule has 0 radical (unpaired) electrons. The first-order chi connectivity index (χ1) is 8.54. The fourth-order valence-electron chi connectivity index (χ4n) is 1.42. The summed E-state index contributed by atoms with van der Waals surface area (Å²) in [5.41, 5.74) is 1.64. The number of carbonyl (C=O) groups excluding carboxylic acids is 1. The summed E-state index contributed by atoms with van der Waals surface area (Å²) in [7, 11) is 0. The van der Waals surface area contributed by atoms with Crippen LogP contribution in [0.15, 0.2) is 22.7 Å². The van der Waals surface area contributed by atoms with Crippen molar-refractivity contribution in [1.29, 1.82) is 0 Å². The third-order valence-corrected chi connectivity index (χ3v) is 3.04. The van der Waals surface area contributed by atoms with Crippen LogP contribution >= 0.6 is 15.9 Å². The molecular weight excluding hydrogens is 298 g/mol. The molecule has 1 amide bonds. The molecule has 1 aromatic rings. The molecule has 0 aliphatic heterocycles. The molecule has 0 saturated heterocycles. The lowest BCUT2D eigenvalue weighted by molar-refractivity contribution is 0.0418. The van der Waals surface area contributed by atoms with Crippen molar-refractivity contribution in [3.8, 4) is 0 Å². The molecule has 0 unspecified atom stereocenters. The molecule has 0 bridgehead atoms. The van der Waals surface area contributed by atoms with Crippen molar-refractivity contribution in [3.05, 3.63) is 33.8 Å². The topological polar surface area (TPSA) is 58.6 Å². The smallest absolute Gasteiger partial charge is 0.252 e. The van der Waals surface area contributed by atoms with Crippen molar-refractivity contribution in [2.45, 2.75) is 20.0 Å². The maximum Gasteiger partial charge on any atom is 0.252 e. The summed E-state index contributed by atoms with van der Waals surface area (Å²) < 4.78 is 5.81. The molecule has 0 aromatic heterocycles. The largest absolute Gasteiger partial charge is 0.389 e. The Kier molecular flexibility index (Phi) is 6.32. The highest BCUT2D eigenvalue weighted by atomic mass is 79.9. The molecule has 0 aliphatic carbocycles. The van der Waals surface area contributed by atoms with Crippen molar-refractivity contribution in [2.75, 3.05) is 19.8 Å². The summed E-state index contributed by atoms with van der Waals surface area (Å²) in [6.07, 6.45) is -0.682. The van der Waals surface area contributed by atoms with E-state index in [1.54, 1.807) is 6.07 Å². The molecule has 0 heterocycles. The molecule has 4 nitrogen and oxygen atoms in total. The SMILES string of the molecule is CCOC[C@H](O)CNC(=O)c1ccc(C)cc1Br. The highest BCUT2D eigenvalue weighted by molar-refractivity contribution is 9.10. The number of hydrogen-bond donors (Lipinski definition) is 2. The first kappa shape index (κ1) is 15.1. The summed E-state index contributed by atoms with van der Waals surface area (Å²) in [6.45, 7) is 4.77. The number of amides is 1. The zero-order valence-corrected chi connectivity index (χ0v) is 12.2. The number of benzene rings is 1. The summed E-state index contributed by atoms with van der Waals surface area (Å²) in [5, 5.41) is 12.2. The standard InChI is InChI=1S/C13H18BrNO3/c1-3-18-8-10(16)7-15-13(17)11-5-4-9(2)6-12(11)14/h4-6,10,16H,3,7-8H2,1-2H3,(H,15,17)/t10-/m1/s1. The van der Waals surface area contributed by atoms with Gasteiger partial charge in [-0.2, -0.15) is 0 Å². The van der Waals surface area contributed by atoms with Gasteiger partial charge in [-0.3, -0.25) is 4.79 Å². The average molecular weight is 316 g/mol. The minimum Gasteiger partial charge on any atom is -0.389 e. The van der Waals surface area contributed by atoms with Crippen LogP contribution in [-0.4, -0.2) is 36.9 Å². The monoisotopic (exact) mass is 315 g/mol. The Balaban J connectivity index is 2.50. The quantitative estimate of drug-likeness (QED) is 0.842. The van der Waals surface area contributed by atoms with Crippen LogP contribution in [-0.2, 0) is 4.74 Å². The number of ether oxygens (including phenoxy) is 1. The lowest BCUT2D eigenvalue weighted by Gasteiger charge is -2.12. The number of hydrogen-bond acceptors (Lipinski definition) is 3. The summed E-state index contributed by atoms with van der Waals surface area (Å²) >= 11 is 3.35. The minimum absolute atomic E-state index is 0.180. The maximum atomic E-state index is 11.9. The zero-order valence-electron chi connectivity index (χ0n) is 10.6. The van der Waals surface area contributed by atoms with Crippen molar-refractivity contribution in [1.82, 2.24) is 5.32 Å². The van der Waals surface area contributed by atoms with Gasteiger partial charge in [-0.15, -0.1) is 0 Å². The van der Waals surface area contributed by atoms with Gasteiger partial charge < -0.3 is 15.2 Å². The Morgan fingerprint density at radius 3 is 2.89 bits per heavy atom. The number of halogens is 1. The van der Waals surface area contributed by atoms with Crippen LogP contribution in [0.5, 0.6) is 0 Å². The van der Waals surface area contributed by atoms with Crippen LogP contribution in [0.1, 0.15) is 22.8 Å². The van der Waals surface area contributed by atoms with Crippen LogP contribution in [0.4, 0.5) is 0 Å². The third kappa shape index (κ3) is 4.76. The van der Waals surface area contributed by atoms with Gasteiger partial charge in [0.15, 0.2) is 0 Å². The highest BCUT2D eigenvalue weighted by Gasteiger charge is 2.11. The fraction of sp³-hybridized carbons (Fsp3) is 0.462. The van der Waals surface area contributed by atoms with Gasteiger partial charge in [0.25, 0.3) is 5.91 Å². The van der Waals surface area contributed by atoms with Gasteiger partial charge in [0.05, 0.1) is 18.3 Å². The number of aliphatic hydroxyl groups is 1. The maximum absolute atomic E-state index is 11.9. The van der Waals surface area contributed by atoms with E-state index >= 15 is 0 Å². The number of carbonyl (C=O) groups is 1. The molecule has 0 saturated carbocycles. The minimum atomic E-state index is -0.682. The van der Waals surface area contributed by atoms with E-state index in [9.17, 15) is 9.90 Å². The zero-order chi connectivity index (χ0) is 13.5. The second-order valence-corrected chi connectivity index (χ2v) is 4.86. The molecule has 18 heavy (non-hydrogen) atoms. The molecule has 100 valence electrons. The van der Waals surface area contributed by atoms with Crippen molar-refractivity contribution in [2.24, 2.45) is 0 Å². The van der Waals surface area contributed by atoms with E-state index in [-0.39, 0.29) is 19.1 Å². The van der Waals surface area contributed by atoms with Gasteiger partial charge in [-0.05, 0) is 47.5 Å². The van der Waals surface area contributed by atoms with Crippen molar-refractivity contribution >= 4 is 21.8 Å². The van der Waals surface area contributed by atoms with E-state index in [0.717, 1.165) is 10.0 Å².